The highest BCUT2D eigenvalue weighted by molar-refractivity contribution is 6.11. The smallest absolute Gasteiger partial charge is 0.279 e. The fourth-order valence-corrected chi connectivity index (χ4v) is 2.00. The Labute approximate surface area is 96.7 Å². The maximum absolute atomic E-state index is 11.9. The van der Waals surface area contributed by atoms with E-state index in [2.05, 4.69) is 9.97 Å². The molecule has 0 bridgehead atoms. The molecule has 1 aliphatic carbocycles. The largest absolute Gasteiger partial charge is 0.294 e. The van der Waals surface area contributed by atoms with Gasteiger partial charge < -0.3 is 0 Å². The zero-order valence-corrected chi connectivity index (χ0v) is 8.88. The summed E-state index contributed by atoms with van der Waals surface area (Å²) in [6, 6.07) is 3.40. The second-order valence-corrected chi connectivity index (χ2v) is 3.82. The van der Waals surface area contributed by atoms with Gasteiger partial charge in [0, 0.05) is 24.2 Å². The topological polar surface area (TPSA) is 59.9 Å². The van der Waals surface area contributed by atoms with Crippen molar-refractivity contribution in [3.05, 3.63) is 52.2 Å². The molecule has 4 heteroatoms. The Bertz CT molecular complexity index is 720. The fourth-order valence-electron chi connectivity index (χ4n) is 2.00. The quantitative estimate of drug-likeness (QED) is 0.681. The van der Waals surface area contributed by atoms with Gasteiger partial charge in [-0.05, 0) is 12.1 Å². The number of pyridine rings is 1. The monoisotopic (exact) mass is 224 g/mol. The van der Waals surface area contributed by atoms with Gasteiger partial charge in [-0.1, -0.05) is 12.1 Å². The van der Waals surface area contributed by atoms with Crippen LogP contribution in [-0.2, 0) is 0 Å². The zero-order chi connectivity index (χ0) is 11.8. The number of nitrogens with zero attached hydrogens (tertiary/aromatic N) is 2. The van der Waals surface area contributed by atoms with Crippen LogP contribution in [0.4, 0.5) is 0 Å². The number of fused-ring (bicyclic) bond motifs is 3. The molecule has 82 valence electrons. The van der Waals surface area contributed by atoms with Crippen molar-refractivity contribution in [2.24, 2.45) is 0 Å². The Morgan fingerprint density at radius 3 is 2.88 bits per heavy atom. The maximum atomic E-state index is 11.9. The number of Topliss-reactive ketones (excluding diaryl/α,β-unsaturated/α-hetero) is 1. The predicted octanol–water partition coefficient (Wildman–Crippen LogP) is 1.59. The second kappa shape index (κ2) is 3.59. The van der Waals surface area contributed by atoms with Crippen molar-refractivity contribution in [1.82, 2.24) is 9.97 Å². The Morgan fingerprint density at radius 2 is 2.00 bits per heavy atom. The van der Waals surface area contributed by atoms with E-state index in [1.54, 1.807) is 24.3 Å². The average Bonchev–Trinajstić information content (AvgIpc) is 2.52. The van der Waals surface area contributed by atoms with Crippen molar-refractivity contribution in [2.75, 3.05) is 0 Å². The van der Waals surface area contributed by atoms with Gasteiger partial charge in [0.2, 0.25) is 0 Å². The van der Waals surface area contributed by atoms with Crippen LogP contribution in [0, 0.1) is 0 Å². The second-order valence-electron chi connectivity index (χ2n) is 3.82. The number of hydrogen-bond donors (Lipinski definition) is 0. The number of carbonyl (C=O) groups is 1. The van der Waals surface area contributed by atoms with E-state index in [9.17, 15) is 9.59 Å². The molecule has 2 heterocycles. The average molecular weight is 224 g/mol. The fraction of sp³-hybridized carbons (Fsp3) is 0.0769. The molecular weight excluding hydrogens is 216 g/mol. The molecule has 2 aromatic heterocycles. The number of ketones is 1. The van der Waals surface area contributed by atoms with Gasteiger partial charge in [0.05, 0.1) is 16.6 Å². The summed E-state index contributed by atoms with van der Waals surface area (Å²) in [5.74, 6) is -0.00815. The molecule has 1 aliphatic rings. The number of aromatic nitrogens is 2. The molecule has 0 spiro atoms. The van der Waals surface area contributed by atoms with Gasteiger partial charge in [0.1, 0.15) is 0 Å². The molecule has 0 aromatic carbocycles. The first kappa shape index (κ1) is 9.84. The predicted molar refractivity (Wildman–Crippen MR) is 63.8 cm³/mol. The van der Waals surface area contributed by atoms with E-state index in [-0.39, 0.29) is 11.3 Å². The first-order chi connectivity index (χ1) is 8.27. The highest BCUT2D eigenvalue weighted by Crippen LogP contribution is 2.23. The van der Waals surface area contributed by atoms with Crippen molar-refractivity contribution in [3.8, 4) is 0 Å². The van der Waals surface area contributed by atoms with Crippen LogP contribution < -0.4 is 5.56 Å². The van der Waals surface area contributed by atoms with Gasteiger partial charge in [0.15, 0.2) is 5.78 Å². The van der Waals surface area contributed by atoms with E-state index in [1.165, 1.54) is 12.4 Å². The van der Waals surface area contributed by atoms with Gasteiger partial charge in [-0.3, -0.25) is 14.6 Å². The van der Waals surface area contributed by atoms with Crippen LogP contribution in [0.2, 0.25) is 0 Å². The van der Waals surface area contributed by atoms with Crippen molar-refractivity contribution < 1.29 is 4.79 Å². The van der Waals surface area contributed by atoms with Crippen LogP contribution in [0.3, 0.4) is 0 Å². The minimum Gasteiger partial charge on any atom is -0.294 e. The van der Waals surface area contributed by atoms with Crippen LogP contribution in [0.5, 0.6) is 0 Å². The van der Waals surface area contributed by atoms with Gasteiger partial charge in [0.25, 0.3) is 5.56 Å². The van der Waals surface area contributed by atoms with Crippen molar-refractivity contribution in [1.29, 1.82) is 0 Å². The Balaban J connectivity index is 2.56. The van der Waals surface area contributed by atoms with E-state index in [0.29, 0.717) is 28.5 Å². The summed E-state index contributed by atoms with van der Waals surface area (Å²) < 4.78 is 0. The number of rotatable bonds is 0. The van der Waals surface area contributed by atoms with Gasteiger partial charge in [-0.2, -0.15) is 0 Å². The van der Waals surface area contributed by atoms with Gasteiger partial charge >= 0.3 is 0 Å². The van der Waals surface area contributed by atoms with Crippen molar-refractivity contribution in [2.45, 2.75) is 6.42 Å². The Hall–Kier alpha value is -2.36. The van der Waals surface area contributed by atoms with Crippen LogP contribution in [0.1, 0.15) is 22.5 Å². The molecule has 0 amide bonds. The first-order valence-corrected chi connectivity index (χ1v) is 5.25. The van der Waals surface area contributed by atoms with Crippen LogP contribution in [0.25, 0.3) is 16.8 Å². The summed E-state index contributed by atoms with van der Waals surface area (Å²) in [5, 5.41) is 1.02. The zero-order valence-electron chi connectivity index (χ0n) is 8.88. The third-order valence-corrected chi connectivity index (χ3v) is 2.78. The molecule has 3 rings (SSSR count). The molecule has 0 fully saturated rings. The third-order valence-electron chi connectivity index (χ3n) is 2.78. The lowest BCUT2D eigenvalue weighted by Crippen LogP contribution is -2.10. The molecule has 0 aliphatic heterocycles. The molecule has 0 saturated heterocycles. The normalized spacial score (nSPS) is 13.8. The number of carbonyl (C=O) groups excluding carboxylic acids is 1. The first-order valence-electron chi connectivity index (χ1n) is 5.25. The summed E-state index contributed by atoms with van der Waals surface area (Å²) in [7, 11) is 0. The SMILES string of the molecule is O=C1CC=Cc2ncc3c(=O)ncccc3c21. The van der Waals surface area contributed by atoms with E-state index >= 15 is 0 Å². The van der Waals surface area contributed by atoms with Gasteiger partial charge in [-0.25, -0.2) is 4.98 Å². The van der Waals surface area contributed by atoms with Gasteiger partial charge in [-0.15, -0.1) is 0 Å². The molecule has 0 saturated carbocycles. The Morgan fingerprint density at radius 1 is 1.12 bits per heavy atom. The standard InChI is InChI=1S/C13H8N2O2/c16-11-5-1-4-10-12(11)8-3-2-6-14-13(17)9(8)7-15-10/h1-4,6-7H,5H2. The minimum atomic E-state index is -0.359. The minimum absolute atomic E-state index is 0.00815. The highest BCUT2D eigenvalue weighted by Gasteiger charge is 2.18. The summed E-state index contributed by atoms with van der Waals surface area (Å²) in [5.41, 5.74) is 0.794. The van der Waals surface area contributed by atoms with E-state index < -0.39 is 0 Å². The molecule has 2 aromatic rings. The van der Waals surface area contributed by atoms with Crippen LogP contribution in [-0.4, -0.2) is 15.8 Å². The summed E-state index contributed by atoms with van der Waals surface area (Å²) in [4.78, 5) is 31.4. The molecule has 17 heavy (non-hydrogen) atoms. The summed E-state index contributed by atoms with van der Waals surface area (Å²) in [6.45, 7) is 0. The molecule has 4 nitrogen and oxygen atoms in total. The molecule has 0 atom stereocenters. The maximum Gasteiger partial charge on any atom is 0.279 e. The van der Waals surface area contributed by atoms with E-state index in [1.807, 2.05) is 0 Å². The molecule has 0 radical (unpaired) electrons. The summed E-state index contributed by atoms with van der Waals surface area (Å²) in [6.07, 6.45) is 6.85. The Kier molecular flexibility index (Phi) is 2.08. The summed E-state index contributed by atoms with van der Waals surface area (Å²) >= 11 is 0. The van der Waals surface area contributed by atoms with Crippen LogP contribution >= 0.6 is 0 Å². The number of hydrogen-bond acceptors (Lipinski definition) is 4. The van der Waals surface area contributed by atoms with Crippen LogP contribution in [0.15, 0.2) is 35.4 Å². The van der Waals surface area contributed by atoms with E-state index in [4.69, 9.17) is 0 Å². The van der Waals surface area contributed by atoms with E-state index in [0.717, 1.165) is 0 Å². The third kappa shape index (κ3) is 1.45. The van der Waals surface area contributed by atoms with Crippen molar-refractivity contribution in [3.63, 3.8) is 0 Å². The molecule has 0 unspecified atom stereocenters. The lowest BCUT2D eigenvalue weighted by Gasteiger charge is -2.09. The molecule has 0 N–H and O–H groups in total. The van der Waals surface area contributed by atoms with Crippen molar-refractivity contribution >= 4 is 22.6 Å². The lowest BCUT2D eigenvalue weighted by molar-refractivity contribution is 0.0996. The number of allylic oxidation sites excluding steroid dienone is 1. The molecular formula is C13H8N2O2. The lowest BCUT2D eigenvalue weighted by atomic mass is 9.96. The highest BCUT2D eigenvalue weighted by atomic mass is 16.1.